The number of esters is 2. The van der Waals surface area contributed by atoms with Gasteiger partial charge in [-0.05, 0) is 103 Å². The maximum absolute atomic E-state index is 12.7. The topological polar surface area (TPSA) is 134 Å². The lowest BCUT2D eigenvalue weighted by Gasteiger charge is -2.19. The Hall–Kier alpha value is -3.59. The minimum Gasteiger partial charge on any atom is -0.462 e. The van der Waals surface area contributed by atoms with Gasteiger partial charge in [-0.2, -0.15) is 0 Å². The summed E-state index contributed by atoms with van der Waals surface area (Å²) in [5.74, 6) is -0.853. The Bertz CT molecular complexity index is 1710. The fraction of sp³-hybridized carbons (Fsp3) is 0.681. The standard InChI is InChI=1S/C69H118NO8P/c1-3-5-7-9-11-13-15-17-19-21-22-23-24-25-26-27-28-29-30-31-32-33-34-35-36-37-38-39-40-41-42-43-44-46-48-50-52-54-56-58-60-62-69(72)78-67(66-77-79(73,74)76-64-63-70)65-75-68(71)61-59-57-55-53-51-49-47-45-20-18-16-14-12-10-8-6-4-2/h5-8,11-14,17-20,22-23,25-26,28-29,47,49,67H,3-4,9-10,15-16,21,24,27,30-46,48,50-66,70H2,1-2H3,(H,73,74)/b7-5-,8-6-,13-11-,14-12-,19-17-,20-18-,23-22-,26-25-,29-28-,49-47-. The monoisotopic (exact) mass is 1120 g/mol. The molecule has 2 atom stereocenters. The number of allylic oxidation sites excluding steroid dienone is 20. The highest BCUT2D eigenvalue weighted by molar-refractivity contribution is 7.47. The zero-order valence-corrected chi connectivity index (χ0v) is 51.5. The molecule has 0 saturated heterocycles. The highest BCUT2D eigenvalue weighted by Gasteiger charge is 2.26. The molecule has 79 heavy (non-hydrogen) atoms. The molecule has 10 heteroatoms. The summed E-state index contributed by atoms with van der Waals surface area (Å²) in [5, 5.41) is 0. The molecule has 0 heterocycles. The van der Waals surface area contributed by atoms with Crippen molar-refractivity contribution < 1.29 is 37.6 Å². The van der Waals surface area contributed by atoms with Crippen LogP contribution >= 0.6 is 7.82 Å². The van der Waals surface area contributed by atoms with Gasteiger partial charge in [0.05, 0.1) is 13.2 Å². The van der Waals surface area contributed by atoms with E-state index in [0.29, 0.717) is 12.8 Å². The highest BCUT2D eigenvalue weighted by atomic mass is 31.2. The van der Waals surface area contributed by atoms with Crippen molar-refractivity contribution in [2.45, 2.75) is 277 Å². The van der Waals surface area contributed by atoms with Crippen molar-refractivity contribution in [1.29, 1.82) is 0 Å². The van der Waals surface area contributed by atoms with Crippen LogP contribution in [-0.4, -0.2) is 49.3 Å². The highest BCUT2D eigenvalue weighted by Crippen LogP contribution is 2.43. The van der Waals surface area contributed by atoms with Crippen molar-refractivity contribution in [2.75, 3.05) is 26.4 Å². The minimum absolute atomic E-state index is 0.0462. The second-order valence-corrected chi connectivity index (χ2v) is 22.3. The largest absolute Gasteiger partial charge is 0.472 e. The van der Waals surface area contributed by atoms with Crippen LogP contribution in [0.15, 0.2) is 122 Å². The van der Waals surface area contributed by atoms with Gasteiger partial charge in [0.15, 0.2) is 6.10 Å². The third-order valence-electron chi connectivity index (χ3n) is 13.3. The number of unbranched alkanes of at least 4 members (excludes halogenated alkanes) is 26. The zero-order chi connectivity index (χ0) is 57.3. The predicted molar refractivity (Wildman–Crippen MR) is 339 cm³/mol. The van der Waals surface area contributed by atoms with Gasteiger partial charge >= 0.3 is 19.8 Å². The molecule has 0 aromatic heterocycles. The average molecular weight is 1120 g/mol. The molecular weight excluding hydrogens is 1000 g/mol. The molecule has 9 nitrogen and oxygen atoms in total. The van der Waals surface area contributed by atoms with E-state index in [1.807, 2.05) is 0 Å². The van der Waals surface area contributed by atoms with Crippen molar-refractivity contribution in [3.8, 4) is 0 Å². The van der Waals surface area contributed by atoms with E-state index in [2.05, 4.69) is 135 Å². The summed E-state index contributed by atoms with van der Waals surface area (Å²) in [6.45, 7) is 3.49. The van der Waals surface area contributed by atoms with E-state index in [9.17, 15) is 19.0 Å². The number of carbonyl (C=O) groups is 2. The van der Waals surface area contributed by atoms with E-state index in [-0.39, 0.29) is 32.6 Å². The van der Waals surface area contributed by atoms with Crippen molar-refractivity contribution in [3.05, 3.63) is 122 Å². The average Bonchev–Trinajstić information content (AvgIpc) is 3.44. The molecule has 0 radical (unpaired) electrons. The molecule has 0 amide bonds. The predicted octanol–water partition coefficient (Wildman–Crippen LogP) is 20.7. The molecule has 0 aliphatic heterocycles. The Morgan fingerprint density at radius 1 is 0.380 bits per heavy atom. The van der Waals surface area contributed by atoms with Gasteiger partial charge in [-0.25, -0.2) is 4.57 Å². The number of hydrogen-bond donors (Lipinski definition) is 2. The Labute approximate surface area is 485 Å². The molecule has 2 unspecified atom stereocenters. The SMILES string of the molecule is CC/C=C\C/C=C\C/C=C\C/C=C\C/C=C\C/C=C\CCCCCCCCCCCCCCCCCCCCCCCCC(=O)OC(COC(=O)CCCCCC/C=C\C/C=C\C/C=C\C/C=C\CC)COP(=O)(O)OCCN. The smallest absolute Gasteiger partial charge is 0.462 e. The second kappa shape index (κ2) is 63.6. The molecule has 0 aromatic carbocycles. The summed E-state index contributed by atoms with van der Waals surface area (Å²) in [4.78, 5) is 35.2. The van der Waals surface area contributed by atoms with Crippen LogP contribution in [0.1, 0.15) is 271 Å². The van der Waals surface area contributed by atoms with E-state index in [0.717, 1.165) is 109 Å². The van der Waals surface area contributed by atoms with Gasteiger partial charge in [0, 0.05) is 19.4 Å². The first-order valence-corrected chi connectivity index (χ1v) is 33.5. The Morgan fingerprint density at radius 3 is 0.975 bits per heavy atom. The van der Waals surface area contributed by atoms with E-state index in [1.54, 1.807) is 0 Å². The fourth-order valence-corrected chi connectivity index (χ4v) is 9.46. The van der Waals surface area contributed by atoms with Gasteiger partial charge in [-0.1, -0.05) is 277 Å². The summed E-state index contributed by atoms with van der Waals surface area (Å²) >= 11 is 0. The molecule has 0 rings (SSSR count). The number of rotatable bonds is 59. The van der Waals surface area contributed by atoms with Crippen LogP contribution in [0.25, 0.3) is 0 Å². The third kappa shape index (κ3) is 63.5. The summed E-state index contributed by atoms with van der Waals surface area (Å²) in [5.41, 5.74) is 5.38. The first kappa shape index (κ1) is 75.4. The molecule has 0 aromatic rings. The van der Waals surface area contributed by atoms with E-state index in [4.69, 9.17) is 24.3 Å². The van der Waals surface area contributed by atoms with Gasteiger partial charge in [-0.3, -0.25) is 18.6 Å². The number of ether oxygens (including phenoxy) is 2. The molecule has 452 valence electrons. The summed E-state index contributed by atoms with van der Waals surface area (Å²) in [6, 6.07) is 0. The Morgan fingerprint density at radius 2 is 0.658 bits per heavy atom. The summed E-state index contributed by atoms with van der Waals surface area (Å²) in [7, 11) is -4.40. The maximum atomic E-state index is 12.7. The lowest BCUT2D eigenvalue weighted by atomic mass is 10.0. The molecular formula is C69H118NO8P. The maximum Gasteiger partial charge on any atom is 0.472 e. The fourth-order valence-electron chi connectivity index (χ4n) is 8.69. The second-order valence-electron chi connectivity index (χ2n) is 20.9. The van der Waals surface area contributed by atoms with Crippen LogP contribution in [0, 0.1) is 0 Å². The van der Waals surface area contributed by atoms with Gasteiger partial charge in [0.2, 0.25) is 0 Å². The minimum atomic E-state index is -4.40. The number of nitrogens with two attached hydrogens (primary N) is 1. The van der Waals surface area contributed by atoms with E-state index in [1.165, 1.54) is 122 Å². The molecule has 0 bridgehead atoms. The van der Waals surface area contributed by atoms with Gasteiger partial charge in [0.25, 0.3) is 0 Å². The lowest BCUT2D eigenvalue weighted by molar-refractivity contribution is -0.161. The quantitative estimate of drug-likeness (QED) is 0.0264. The van der Waals surface area contributed by atoms with Crippen molar-refractivity contribution in [3.63, 3.8) is 0 Å². The molecule has 0 fully saturated rings. The van der Waals surface area contributed by atoms with E-state index < -0.39 is 32.5 Å². The van der Waals surface area contributed by atoms with Crippen molar-refractivity contribution >= 4 is 19.8 Å². The molecule has 0 saturated carbocycles. The van der Waals surface area contributed by atoms with Gasteiger partial charge in [0.1, 0.15) is 6.61 Å². The molecule has 3 N–H and O–H groups in total. The molecule has 0 aliphatic rings. The van der Waals surface area contributed by atoms with E-state index >= 15 is 0 Å². The van der Waals surface area contributed by atoms with Crippen LogP contribution in [0.3, 0.4) is 0 Å². The summed E-state index contributed by atoms with van der Waals surface area (Å²) < 4.78 is 33.0. The van der Waals surface area contributed by atoms with Crippen LogP contribution < -0.4 is 5.73 Å². The first-order valence-electron chi connectivity index (χ1n) is 32.0. The van der Waals surface area contributed by atoms with Crippen LogP contribution in [0.5, 0.6) is 0 Å². The summed E-state index contributed by atoms with van der Waals surface area (Å²) in [6.07, 6.45) is 88.6. The lowest BCUT2D eigenvalue weighted by Crippen LogP contribution is -2.29. The third-order valence-corrected chi connectivity index (χ3v) is 14.3. The Kier molecular flexibility index (Phi) is 60.7. The normalized spacial score (nSPS) is 13.8. The first-order chi connectivity index (χ1) is 38.8. The Balaban J connectivity index is 3.83. The molecule has 0 aliphatic carbocycles. The number of phosphoric acid groups is 1. The molecule has 0 spiro atoms. The zero-order valence-electron chi connectivity index (χ0n) is 50.6. The van der Waals surface area contributed by atoms with Crippen LogP contribution in [-0.2, 0) is 32.7 Å². The van der Waals surface area contributed by atoms with Crippen LogP contribution in [0.2, 0.25) is 0 Å². The van der Waals surface area contributed by atoms with Crippen LogP contribution in [0.4, 0.5) is 0 Å². The number of carbonyl (C=O) groups excluding carboxylic acids is 2. The number of phosphoric ester groups is 1. The van der Waals surface area contributed by atoms with Crippen molar-refractivity contribution in [2.24, 2.45) is 5.73 Å². The number of hydrogen-bond acceptors (Lipinski definition) is 8. The van der Waals surface area contributed by atoms with Gasteiger partial charge in [-0.15, -0.1) is 0 Å². The van der Waals surface area contributed by atoms with Gasteiger partial charge < -0.3 is 20.1 Å². The van der Waals surface area contributed by atoms with Crippen molar-refractivity contribution in [1.82, 2.24) is 0 Å².